The first-order valence-corrected chi connectivity index (χ1v) is 6.52. The summed E-state index contributed by atoms with van der Waals surface area (Å²) in [6.07, 6.45) is 5.30. The lowest BCUT2D eigenvalue weighted by atomic mass is 10.2. The predicted molar refractivity (Wildman–Crippen MR) is 65.6 cm³/mol. The van der Waals surface area contributed by atoms with Gasteiger partial charge in [0, 0.05) is 12.8 Å². The minimum absolute atomic E-state index is 0.162. The van der Waals surface area contributed by atoms with E-state index in [1.54, 1.807) is 6.92 Å². The van der Waals surface area contributed by atoms with Crippen LogP contribution in [0.3, 0.4) is 0 Å². The van der Waals surface area contributed by atoms with E-state index in [-0.39, 0.29) is 11.9 Å². The second kappa shape index (κ2) is 11.4. The van der Waals surface area contributed by atoms with Gasteiger partial charge in [-0.05, 0) is 26.2 Å². The lowest BCUT2D eigenvalue weighted by Gasteiger charge is -2.04. The minimum Gasteiger partial charge on any atom is -0.466 e. The SMILES string of the molecule is CCCCCOC(=O)CCCCC(=O)OCC. The molecule has 0 aromatic heterocycles. The molecule has 0 saturated heterocycles. The summed E-state index contributed by atoms with van der Waals surface area (Å²) < 4.78 is 9.83. The summed E-state index contributed by atoms with van der Waals surface area (Å²) in [7, 11) is 0. The van der Waals surface area contributed by atoms with Crippen LogP contribution in [0.5, 0.6) is 0 Å². The van der Waals surface area contributed by atoms with Gasteiger partial charge in [-0.3, -0.25) is 9.59 Å². The summed E-state index contributed by atoms with van der Waals surface area (Å²) in [5, 5.41) is 0. The number of hydrogen-bond acceptors (Lipinski definition) is 4. The van der Waals surface area contributed by atoms with Gasteiger partial charge < -0.3 is 9.47 Å². The van der Waals surface area contributed by atoms with Crippen LogP contribution in [0.25, 0.3) is 0 Å². The number of unbranched alkanes of at least 4 members (excludes halogenated alkanes) is 3. The van der Waals surface area contributed by atoms with Crippen LogP contribution in [0.2, 0.25) is 0 Å². The molecule has 0 saturated carbocycles. The molecule has 0 bridgehead atoms. The molecule has 0 aliphatic rings. The Morgan fingerprint density at radius 2 is 1.41 bits per heavy atom. The third kappa shape index (κ3) is 11.2. The maximum atomic E-state index is 11.2. The van der Waals surface area contributed by atoms with Crippen LogP contribution >= 0.6 is 0 Å². The summed E-state index contributed by atoms with van der Waals surface area (Å²) in [6.45, 7) is 4.83. The minimum atomic E-state index is -0.191. The van der Waals surface area contributed by atoms with Crippen molar-refractivity contribution in [2.45, 2.75) is 58.8 Å². The molecular formula is C13H24O4. The molecule has 0 amide bonds. The summed E-state index contributed by atoms with van der Waals surface area (Å²) in [5.41, 5.74) is 0. The van der Waals surface area contributed by atoms with E-state index in [1.807, 2.05) is 0 Å². The molecule has 0 aliphatic heterocycles. The van der Waals surface area contributed by atoms with E-state index in [2.05, 4.69) is 6.92 Å². The molecular weight excluding hydrogens is 220 g/mol. The molecule has 0 N–H and O–H groups in total. The van der Waals surface area contributed by atoms with Crippen molar-refractivity contribution in [3.8, 4) is 0 Å². The molecule has 0 radical (unpaired) electrons. The Labute approximate surface area is 104 Å². The Bertz CT molecular complexity index is 213. The van der Waals surface area contributed by atoms with Crippen LogP contribution < -0.4 is 0 Å². The molecule has 0 fully saturated rings. The van der Waals surface area contributed by atoms with Crippen molar-refractivity contribution in [1.82, 2.24) is 0 Å². The van der Waals surface area contributed by atoms with Gasteiger partial charge in [-0.15, -0.1) is 0 Å². The van der Waals surface area contributed by atoms with Crippen LogP contribution in [-0.2, 0) is 19.1 Å². The van der Waals surface area contributed by atoms with Crippen molar-refractivity contribution in [3.05, 3.63) is 0 Å². The van der Waals surface area contributed by atoms with Gasteiger partial charge in [0.15, 0.2) is 0 Å². The van der Waals surface area contributed by atoms with E-state index in [4.69, 9.17) is 9.47 Å². The van der Waals surface area contributed by atoms with E-state index in [1.165, 1.54) is 0 Å². The van der Waals surface area contributed by atoms with E-state index in [0.717, 1.165) is 19.3 Å². The van der Waals surface area contributed by atoms with E-state index < -0.39 is 0 Å². The maximum Gasteiger partial charge on any atom is 0.305 e. The molecule has 0 spiro atoms. The highest BCUT2D eigenvalue weighted by Crippen LogP contribution is 2.03. The fraction of sp³-hybridized carbons (Fsp3) is 0.846. The molecule has 0 rings (SSSR count). The molecule has 17 heavy (non-hydrogen) atoms. The van der Waals surface area contributed by atoms with Crippen LogP contribution in [0.15, 0.2) is 0 Å². The second-order valence-electron chi connectivity index (χ2n) is 3.94. The number of hydrogen-bond donors (Lipinski definition) is 0. The van der Waals surface area contributed by atoms with Crippen molar-refractivity contribution in [1.29, 1.82) is 0 Å². The Morgan fingerprint density at radius 1 is 0.824 bits per heavy atom. The zero-order valence-corrected chi connectivity index (χ0v) is 11.0. The highest BCUT2D eigenvalue weighted by Gasteiger charge is 2.05. The fourth-order valence-electron chi connectivity index (χ4n) is 1.38. The summed E-state index contributed by atoms with van der Waals surface area (Å²) in [5.74, 6) is -0.353. The highest BCUT2D eigenvalue weighted by molar-refractivity contribution is 5.70. The van der Waals surface area contributed by atoms with Crippen molar-refractivity contribution in [3.63, 3.8) is 0 Å². The average molecular weight is 244 g/mol. The van der Waals surface area contributed by atoms with Gasteiger partial charge in [-0.1, -0.05) is 19.8 Å². The van der Waals surface area contributed by atoms with Crippen LogP contribution in [0.1, 0.15) is 58.8 Å². The van der Waals surface area contributed by atoms with E-state index in [9.17, 15) is 9.59 Å². The summed E-state index contributed by atoms with van der Waals surface area (Å²) >= 11 is 0. The quantitative estimate of drug-likeness (QED) is 0.438. The Balaban J connectivity index is 3.30. The average Bonchev–Trinajstić information content (AvgIpc) is 2.31. The van der Waals surface area contributed by atoms with Gasteiger partial charge in [-0.2, -0.15) is 0 Å². The predicted octanol–water partition coefficient (Wildman–Crippen LogP) is 2.84. The third-order valence-corrected chi connectivity index (χ3v) is 2.33. The Morgan fingerprint density at radius 3 is 1.94 bits per heavy atom. The van der Waals surface area contributed by atoms with Crippen LogP contribution in [0.4, 0.5) is 0 Å². The van der Waals surface area contributed by atoms with Crippen molar-refractivity contribution >= 4 is 11.9 Å². The first kappa shape index (κ1) is 15.9. The highest BCUT2D eigenvalue weighted by atomic mass is 16.5. The van der Waals surface area contributed by atoms with Crippen molar-refractivity contribution in [2.24, 2.45) is 0 Å². The number of rotatable bonds is 10. The molecule has 4 heteroatoms. The summed E-state index contributed by atoms with van der Waals surface area (Å²) in [6, 6.07) is 0. The largest absolute Gasteiger partial charge is 0.466 e. The first-order chi connectivity index (χ1) is 8.20. The van der Waals surface area contributed by atoms with Gasteiger partial charge in [0.2, 0.25) is 0 Å². The molecule has 0 aromatic carbocycles. The number of carbonyl (C=O) groups is 2. The van der Waals surface area contributed by atoms with Crippen LogP contribution in [-0.4, -0.2) is 25.2 Å². The van der Waals surface area contributed by atoms with Gasteiger partial charge in [0.1, 0.15) is 0 Å². The maximum absolute atomic E-state index is 11.2. The van der Waals surface area contributed by atoms with Gasteiger partial charge in [0.05, 0.1) is 13.2 Å². The van der Waals surface area contributed by atoms with Gasteiger partial charge in [0.25, 0.3) is 0 Å². The number of carbonyl (C=O) groups excluding carboxylic acids is 2. The third-order valence-electron chi connectivity index (χ3n) is 2.33. The topological polar surface area (TPSA) is 52.6 Å². The lowest BCUT2D eigenvalue weighted by molar-refractivity contribution is -0.145. The molecule has 0 atom stereocenters. The van der Waals surface area contributed by atoms with Crippen molar-refractivity contribution < 1.29 is 19.1 Å². The fourth-order valence-corrected chi connectivity index (χ4v) is 1.38. The zero-order valence-electron chi connectivity index (χ0n) is 11.0. The normalized spacial score (nSPS) is 10.0. The second-order valence-corrected chi connectivity index (χ2v) is 3.94. The summed E-state index contributed by atoms with van der Waals surface area (Å²) in [4.78, 5) is 22.2. The molecule has 100 valence electrons. The van der Waals surface area contributed by atoms with Gasteiger partial charge >= 0.3 is 11.9 Å². The molecule has 0 unspecified atom stereocenters. The van der Waals surface area contributed by atoms with E-state index in [0.29, 0.717) is 38.9 Å². The zero-order chi connectivity index (χ0) is 12.9. The standard InChI is InChI=1S/C13H24O4/c1-3-5-8-11-17-13(15)10-7-6-9-12(14)16-4-2/h3-11H2,1-2H3. The monoisotopic (exact) mass is 244 g/mol. The Kier molecular flexibility index (Phi) is 10.7. The number of esters is 2. The molecule has 4 nitrogen and oxygen atoms in total. The van der Waals surface area contributed by atoms with E-state index >= 15 is 0 Å². The molecule has 0 heterocycles. The van der Waals surface area contributed by atoms with Crippen LogP contribution in [0, 0.1) is 0 Å². The number of ether oxygens (including phenoxy) is 2. The first-order valence-electron chi connectivity index (χ1n) is 6.52. The molecule has 0 aliphatic carbocycles. The van der Waals surface area contributed by atoms with Crippen molar-refractivity contribution in [2.75, 3.05) is 13.2 Å². The Hall–Kier alpha value is -1.06. The molecule has 0 aromatic rings. The lowest BCUT2D eigenvalue weighted by Crippen LogP contribution is -2.07. The van der Waals surface area contributed by atoms with Gasteiger partial charge in [-0.25, -0.2) is 0 Å². The smallest absolute Gasteiger partial charge is 0.305 e.